The van der Waals surface area contributed by atoms with Gasteiger partial charge in [0.15, 0.2) is 0 Å². The van der Waals surface area contributed by atoms with E-state index in [9.17, 15) is 9.59 Å². The van der Waals surface area contributed by atoms with Crippen LogP contribution >= 0.6 is 0 Å². The van der Waals surface area contributed by atoms with Gasteiger partial charge >= 0.3 is 5.69 Å². The summed E-state index contributed by atoms with van der Waals surface area (Å²) in [6.45, 7) is 2.44. The quantitative estimate of drug-likeness (QED) is 0.343. The molecule has 0 unspecified atom stereocenters. The van der Waals surface area contributed by atoms with Crippen LogP contribution in [0.2, 0.25) is 0 Å². The Labute approximate surface area is 216 Å². The summed E-state index contributed by atoms with van der Waals surface area (Å²) in [5.74, 6) is 0.821. The van der Waals surface area contributed by atoms with E-state index in [1.807, 2.05) is 60.7 Å². The number of carbonyl (C=O) groups excluding carboxylic acids is 1. The van der Waals surface area contributed by atoms with E-state index in [-0.39, 0.29) is 11.6 Å². The van der Waals surface area contributed by atoms with Crippen LogP contribution in [0.1, 0.15) is 67.9 Å². The minimum absolute atomic E-state index is 0.102. The van der Waals surface area contributed by atoms with E-state index in [1.54, 1.807) is 10.8 Å². The lowest BCUT2D eigenvalue weighted by atomic mass is 9.87. The molecule has 0 atom stereocenters. The molecule has 2 aromatic carbocycles. The molecule has 2 aromatic heterocycles. The maximum atomic E-state index is 13.4. The van der Waals surface area contributed by atoms with Crippen LogP contribution in [0.3, 0.4) is 0 Å². The highest BCUT2D eigenvalue weighted by Gasteiger charge is 2.21. The van der Waals surface area contributed by atoms with Crippen molar-refractivity contribution in [2.45, 2.75) is 58.4 Å². The Morgan fingerprint density at radius 1 is 1.05 bits per heavy atom. The first kappa shape index (κ1) is 24.6. The van der Waals surface area contributed by atoms with Gasteiger partial charge < -0.3 is 0 Å². The van der Waals surface area contributed by atoms with Crippen molar-refractivity contribution in [3.05, 3.63) is 82.5 Å². The molecule has 0 amide bonds. The van der Waals surface area contributed by atoms with E-state index >= 15 is 0 Å². The lowest BCUT2D eigenvalue weighted by molar-refractivity contribution is 0.0863. The van der Waals surface area contributed by atoms with Gasteiger partial charge in [-0.3, -0.25) is 9.36 Å². The summed E-state index contributed by atoms with van der Waals surface area (Å²) in [6.07, 6.45) is 12.7. The molecule has 1 aliphatic rings. The molecule has 0 bridgehead atoms. The molecule has 8 nitrogen and oxygen atoms in total. The van der Waals surface area contributed by atoms with Crippen LogP contribution in [0.25, 0.3) is 28.6 Å². The molecule has 0 radical (unpaired) electrons. The first-order chi connectivity index (χ1) is 18.1. The fourth-order valence-electron chi connectivity index (χ4n) is 5.12. The number of hydrogen-bond donors (Lipinski definition) is 1. The standard InChI is InChI=1S/C29H32N6O2/c1-2-3-11-24-20-35(27(36)18-21-9-5-4-6-10-21)29(37)34(24)19-22-14-16-23(17-15-22)25-12-7-8-13-26(25)28-30-32-33-31-28/h3,7-8,11-17,20-21H,2,4-6,9-10,18-19H2,1H3,(H,30,31,32,33). The van der Waals surface area contributed by atoms with Crippen molar-refractivity contribution >= 4 is 12.0 Å². The van der Waals surface area contributed by atoms with Crippen LogP contribution in [0.5, 0.6) is 0 Å². The molecule has 5 rings (SSSR count). The summed E-state index contributed by atoms with van der Waals surface area (Å²) in [5, 5.41) is 14.4. The van der Waals surface area contributed by atoms with Crippen LogP contribution < -0.4 is 5.69 Å². The zero-order chi connectivity index (χ0) is 25.6. The van der Waals surface area contributed by atoms with Gasteiger partial charge in [-0.1, -0.05) is 80.8 Å². The van der Waals surface area contributed by atoms with Crippen molar-refractivity contribution in [2.24, 2.45) is 5.92 Å². The third kappa shape index (κ3) is 5.53. The monoisotopic (exact) mass is 496 g/mol. The number of H-pyrrole nitrogens is 1. The normalized spacial score (nSPS) is 14.4. The molecule has 0 spiro atoms. The summed E-state index contributed by atoms with van der Waals surface area (Å²) >= 11 is 0. The minimum Gasteiger partial charge on any atom is -0.288 e. The Morgan fingerprint density at radius 2 is 1.81 bits per heavy atom. The summed E-state index contributed by atoms with van der Waals surface area (Å²) < 4.78 is 3.01. The first-order valence-electron chi connectivity index (χ1n) is 13.1. The topological polar surface area (TPSA) is 98.5 Å². The predicted octanol–water partition coefficient (Wildman–Crippen LogP) is 5.58. The van der Waals surface area contributed by atoms with E-state index in [1.165, 1.54) is 23.8 Å². The predicted molar refractivity (Wildman–Crippen MR) is 144 cm³/mol. The van der Waals surface area contributed by atoms with Gasteiger partial charge in [-0.25, -0.2) is 9.36 Å². The largest absolute Gasteiger partial charge is 0.335 e. The second-order valence-corrected chi connectivity index (χ2v) is 9.68. The maximum Gasteiger partial charge on any atom is 0.335 e. The molecule has 0 saturated heterocycles. The third-order valence-corrected chi connectivity index (χ3v) is 7.11. The van der Waals surface area contributed by atoms with Crippen molar-refractivity contribution in [3.8, 4) is 22.5 Å². The molecular weight excluding hydrogens is 464 g/mol. The average Bonchev–Trinajstić information content (AvgIpc) is 3.57. The molecule has 1 fully saturated rings. The number of tetrazole rings is 1. The van der Waals surface area contributed by atoms with Gasteiger partial charge in [0.25, 0.3) is 0 Å². The zero-order valence-corrected chi connectivity index (χ0v) is 21.1. The van der Waals surface area contributed by atoms with Crippen LogP contribution in [-0.2, 0) is 6.54 Å². The van der Waals surface area contributed by atoms with E-state index < -0.39 is 0 Å². The van der Waals surface area contributed by atoms with Gasteiger partial charge in [0.1, 0.15) is 0 Å². The molecule has 190 valence electrons. The number of aromatic nitrogens is 6. The lowest BCUT2D eigenvalue weighted by Gasteiger charge is -2.20. The summed E-state index contributed by atoms with van der Waals surface area (Å²) in [4.78, 5) is 26.4. The number of rotatable bonds is 8. The number of hydrogen-bond acceptors (Lipinski definition) is 5. The van der Waals surface area contributed by atoms with Crippen LogP contribution in [0.4, 0.5) is 0 Å². The fraction of sp³-hybridized carbons (Fsp3) is 0.345. The second-order valence-electron chi connectivity index (χ2n) is 9.68. The highest BCUT2D eigenvalue weighted by molar-refractivity contribution is 5.80. The highest BCUT2D eigenvalue weighted by atomic mass is 16.2. The van der Waals surface area contributed by atoms with E-state index in [0.29, 0.717) is 24.7 Å². The molecule has 2 heterocycles. The van der Waals surface area contributed by atoms with Gasteiger partial charge in [-0.05, 0) is 53.2 Å². The highest BCUT2D eigenvalue weighted by Crippen LogP contribution is 2.30. The SMILES string of the molecule is CCC=Cc1cn(C(=O)CC2CCCCC2)c(=O)n1Cc1ccc(-c2ccccc2-c2nn[nH]n2)cc1. The molecule has 4 aromatic rings. The first-order valence-corrected chi connectivity index (χ1v) is 13.1. The number of imidazole rings is 1. The Hall–Kier alpha value is -4.07. The number of allylic oxidation sites excluding steroid dienone is 1. The zero-order valence-electron chi connectivity index (χ0n) is 21.1. The maximum absolute atomic E-state index is 13.4. The smallest absolute Gasteiger partial charge is 0.288 e. The minimum atomic E-state index is -0.275. The Bertz CT molecular complexity index is 1420. The van der Waals surface area contributed by atoms with Gasteiger partial charge in [0.05, 0.1) is 12.2 Å². The van der Waals surface area contributed by atoms with Gasteiger partial charge in [0.2, 0.25) is 11.7 Å². The molecule has 1 N–H and O–H groups in total. The Balaban J connectivity index is 1.40. The van der Waals surface area contributed by atoms with Crippen molar-refractivity contribution in [3.63, 3.8) is 0 Å². The number of carbonyl (C=O) groups is 1. The summed E-state index contributed by atoms with van der Waals surface area (Å²) in [6, 6.07) is 16.0. The number of benzene rings is 2. The van der Waals surface area contributed by atoms with E-state index in [4.69, 9.17) is 0 Å². The van der Waals surface area contributed by atoms with E-state index in [0.717, 1.165) is 47.2 Å². The molecular formula is C29H32N6O2. The molecule has 1 aliphatic carbocycles. The van der Waals surface area contributed by atoms with Crippen molar-refractivity contribution in [2.75, 3.05) is 0 Å². The van der Waals surface area contributed by atoms with Crippen molar-refractivity contribution in [1.29, 1.82) is 0 Å². The summed E-state index contributed by atoms with van der Waals surface area (Å²) in [5.41, 5.74) is 4.35. The van der Waals surface area contributed by atoms with Crippen molar-refractivity contribution < 1.29 is 4.79 Å². The number of nitrogens with one attached hydrogen (secondary N) is 1. The second kappa shape index (κ2) is 11.3. The average molecular weight is 497 g/mol. The Kier molecular flexibility index (Phi) is 7.54. The van der Waals surface area contributed by atoms with Crippen LogP contribution in [-0.4, -0.2) is 35.7 Å². The van der Waals surface area contributed by atoms with Crippen molar-refractivity contribution in [1.82, 2.24) is 29.8 Å². The molecule has 0 aliphatic heterocycles. The van der Waals surface area contributed by atoms with Gasteiger partial charge in [0, 0.05) is 18.2 Å². The number of aromatic amines is 1. The van der Waals surface area contributed by atoms with Crippen LogP contribution in [0, 0.1) is 5.92 Å². The van der Waals surface area contributed by atoms with E-state index in [2.05, 4.69) is 27.5 Å². The van der Waals surface area contributed by atoms with Crippen LogP contribution in [0.15, 0.2) is 65.6 Å². The lowest BCUT2D eigenvalue weighted by Crippen LogP contribution is -2.30. The summed E-state index contributed by atoms with van der Waals surface area (Å²) in [7, 11) is 0. The third-order valence-electron chi connectivity index (χ3n) is 7.11. The molecule has 8 heteroatoms. The molecule has 37 heavy (non-hydrogen) atoms. The fourth-order valence-corrected chi connectivity index (χ4v) is 5.12. The molecule has 1 saturated carbocycles. The Morgan fingerprint density at radius 3 is 2.51 bits per heavy atom. The van der Waals surface area contributed by atoms with Gasteiger partial charge in [-0.15, -0.1) is 10.2 Å². The van der Waals surface area contributed by atoms with Gasteiger partial charge in [-0.2, -0.15) is 5.21 Å². The number of nitrogens with zero attached hydrogens (tertiary/aromatic N) is 5.